The van der Waals surface area contributed by atoms with Gasteiger partial charge in [-0.1, -0.05) is 0 Å². The Kier molecular flexibility index (Phi) is 3.90. The van der Waals surface area contributed by atoms with Gasteiger partial charge in [0.15, 0.2) is 6.23 Å². The summed E-state index contributed by atoms with van der Waals surface area (Å²) in [5, 5.41) is 29.3. The molecule has 0 saturated carbocycles. The first-order valence-corrected chi connectivity index (χ1v) is 6.94. The summed E-state index contributed by atoms with van der Waals surface area (Å²) in [4.78, 5) is 20.9. The monoisotopic (exact) mass is 323 g/mol. The number of aromatic nitrogens is 2. The number of primary amides is 1. The van der Waals surface area contributed by atoms with Crippen molar-refractivity contribution in [2.24, 2.45) is 5.73 Å². The van der Waals surface area contributed by atoms with Gasteiger partial charge in [0.05, 0.1) is 6.61 Å². The van der Waals surface area contributed by atoms with Crippen molar-refractivity contribution in [2.75, 3.05) is 17.2 Å². The van der Waals surface area contributed by atoms with Gasteiger partial charge in [0.2, 0.25) is 5.91 Å². The summed E-state index contributed by atoms with van der Waals surface area (Å²) in [5.41, 5.74) is 11.9. The zero-order chi connectivity index (χ0) is 16.7. The molecule has 0 aromatic carbocycles. The predicted molar refractivity (Wildman–Crippen MR) is 77.7 cm³/mol. The predicted octanol–water partition coefficient (Wildman–Crippen LogP) is -2.77. The molecule has 1 amide bonds. The van der Waals surface area contributed by atoms with Crippen molar-refractivity contribution >= 4 is 17.5 Å². The van der Waals surface area contributed by atoms with Crippen LogP contribution in [0.5, 0.6) is 0 Å². The van der Waals surface area contributed by atoms with Crippen molar-refractivity contribution in [1.29, 1.82) is 0 Å². The second-order valence-electron chi connectivity index (χ2n) is 5.39. The number of hydrogen-bond acceptors (Lipinski definition) is 9. The largest absolute Gasteiger partial charge is 0.394 e. The van der Waals surface area contributed by atoms with Crippen LogP contribution in [-0.4, -0.2) is 62.3 Å². The van der Waals surface area contributed by atoms with E-state index in [1.54, 1.807) is 0 Å². The number of nitrogens with zero attached hydrogens (tertiary/aromatic N) is 3. The Bertz CT molecular complexity index is 666. The summed E-state index contributed by atoms with van der Waals surface area (Å²) in [6.45, 7) is -0.465. The Morgan fingerprint density at radius 2 is 2.13 bits per heavy atom. The smallest absolute Gasteiger partial charge is 0.246 e. The van der Waals surface area contributed by atoms with Gasteiger partial charge in [0.25, 0.3) is 0 Å². The minimum atomic E-state index is -1.32. The van der Waals surface area contributed by atoms with E-state index >= 15 is 0 Å². The Hall–Kier alpha value is -2.27. The molecule has 1 aromatic rings. The molecule has 2 aliphatic heterocycles. The lowest BCUT2D eigenvalue weighted by atomic mass is 10.0. The Labute approximate surface area is 131 Å². The first kappa shape index (κ1) is 15.6. The summed E-state index contributed by atoms with van der Waals surface area (Å²) in [5.74, 6) is -0.133. The van der Waals surface area contributed by atoms with E-state index in [2.05, 4.69) is 9.97 Å². The first-order valence-electron chi connectivity index (χ1n) is 6.94. The lowest BCUT2D eigenvalue weighted by molar-refractivity contribution is -0.114. The Morgan fingerprint density at radius 1 is 1.39 bits per heavy atom. The number of amides is 1. The highest BCUT2D eigenvalue weighted by Gasteiger charge is 2.46. The highest BCUT2D eigenvalue weighted by atomic mass is 16.6. The van der Waals surface area contributed by atoms with Crippen molar-refractivity contribution < 1.29 is 24.9 Å². The van der Waals surface area contributed by atoms with E-state index < -0.39 is 37.1 Å². The molecule has 0 bridgehead atoms. The third-order valence-electron chi connectivity index (χ3n) is 3.97. The molecule has 1 aromatic heterocycles. The number of carbonyl (C=O) groups excluding carboxylic acids is 1. The maximum absolute atomic E-state index is 11.6. The maximum atomic E-state index is 11.6. The number of nitrogens with two attached hydrogens (primary N) is 2. The van der Waals surface area contributed by atoms with Crippen LogP contribution in [0, 0.1) is 0 Å². The topological polar surface area (TPSA) is 168 Å². The zero-order valence-electron chi connectivity index (χ0n) is 12.0. The number of hydrogen-bond donors (Lipinski definition) is 5. The van der Waals surface area contributed by atoms with Crippen LogP contribution >= 0.6 is 0 Å². The van der Waals surface area contributed by atoms with Gasteiger partial charge in [0, 0.05) is 23.8 Å². The Morgan fingerprint density at radius 3 is 2.74 bits per heavy atom. The number of anilines is 2. The van der Waals surface area contributed by atoms with Gasteiger partial charge < -0.3 is 36.4 Å². The fraction of sp³-hybridized carbons (Fsp3) is 0.462. The second kappa shape index (κ2) is 5.74. The summed E-state index contributed by atoms with van der Waals surface area (Å²) >= 11 is 0. The van der Waals surface area contributed by atoms with Crippen molar-refractivity contribution in [1.82, 2.24) is 9.97 Å². The van der Waals surface area contributed by atoms with E-state index in [0.29, 0.717) is 11.4 Å². The number of rotatable bonds is 3. The average Bonchev–Trinajstić information content (AvgIpc) is 2.82. The number of carbonyl (C=O) groups is 1. The van der Waals surface area contributed by atoms with Crippen molar-refractivity contribution in [3.8, 4) is 0 Å². The van der Waals surface area contributed by atoms with Gasteiger partial charge in [0.1, 0.15) is 36.3 Å². The normalized spacial score (nSPS) is 30.0. The number of aliphatic hydroxyl groups excluding tert-OH is 3. The third-order valence-corrected chi connectivity index (χ3v) is 3.97. The van der Waals surface area contributed by atoms with Crippen molar-refractivity contribution in [3.05, 3.63) is 23.7 Å². The molecule has 0 aliphatic carbocycles. The van der Waals surface area contributed by atoms with E-state index in [-0.39, 0.29) is 17.8 Å². The van der Waals surface area contributed by atoms with Crippen LogP contribution < -0.4 is 16.4 Å². The van der Waals surface area contributed by atoms with Crippen LogP contribution in [0.1, 0.15) is 5.56 Å². The lowest BCUT2D eigenvalue weighted by Crippen LogP contribution is -2.44. The van der Waals surface area contributed by atoms with Crippen LogP contribution in [0.15, 0.2) is 18.1 Å². The van der Waals surface area contributed by atoms with Crippen LogP contribution in [-0.2, 0) is 16.0 Å². The number of nitrogen functional groups attached to an aromatic ring is 1. The lowest BCUT2D eigenvalue weighted by Gasteiger charge is -2.33. The second-order valence-corrected chi connectivity index (χ2v) is 5.39. The highest BCUT2D eigenvalue weighted by molar-refractivity contribution is 5.94. The van der Waals surface area contributed by atoms with E-state index in [1.807, 2.05) is 0 Å². The molecule has 3 rings (SSSR count). The molecule has 124 valence electrons. The SMILES string of the molecule is NC(=O)C1=CN(C2OC(CO)C(O)C2O)c2ncnc(N)c2C1. The van der Waals surface area contributed by atoms with Gasteiger partial charge in [-0.05, 0) is 0 Å². The van der Waals surface area contributed by atoms with Gasteiger partial charge in [-0.3, -0.25) is 4.79 Å². The van der Waals surface area contributed by atoms with Crippen LogP contribution in [0.2, 0.25) is 0 Å². The number of ether oxygens (including phenoxy) is 1. The van der Waals surface area contributed by atoms with Crippen LogP contribution in [0.4, 0.5) is 11.6 Å². The minimum Gasteiger partial charge on any atom is -0.394 e. The molecule has 0 radical (unpaired) electrons. The van der Waals surface area contributed by atoms with Gasteiger partial charge >= 0.3 is 0 Å². The summed E-state index contributed by atoms with van der Waals surface area (Å²) in [6.07, 6.45) is -1.81. The van der Waals surface area contributed by atoms with E-state index in [1.165, 1.54) is 17.4 Å². The maximum Gasteiger partial charge on any atom is 0.246 e. The van der Waals surface area contributed by atoms with E-state index in [4.69, 9.17) is 16.2 Å². The standard InChI is InChI=1S/C13H17N5O5/c14-10-6-1-5(11(15)22)2-18(12(6)17-4-16-10)13-9(21)8(20)7(3-19)23-13/h2,4,7-9,13,19-21H,1,3H2,(H2,15,22)(H2,14,16,17). The molecular weight excluding hydrogens is 306 g/mol. The molecule has 23 heavy (non-hydrogen) atoms. The molecule has 2 aliphatic rings. The zero-order valence-corrected chi connectivity index (χ0v) is 12.0. The molecule has 1 fully saturated rings. The highest BCUT2D eigenvalue weighted by Crippen LogP contribution is 2.35. The average molecular weight is 323 g/mol. The first-order chi connectivity index (χ1) is 10.9. The summed E-state index contributed by atoms with van der Waals surface area (Å²) < 4.78 is 5.48. The molecular formula is C13H17N5O5. The van der Waals surface area contributed by atoms with Crippen LogP contribution in [0.25, 0.3) is 0 Å². The van der Waals surface area contributed by atoms with Crippen molar-refractivity contribution in [2.45, 2.75) is 31.0 Å². The fourth-order valence-corrected chi connectivity index (χ4v) is 2.73. The summed E-state index contributed by atoms with van der Waals surface area (Å²) in [7, 11) is 0. The van der Waals surface area contributed by atoms with E-state index in [0.717, 1.165) is 0 Å². The third kappa shape index (κ3) is 2.51. The molecule has 10 heteroatoms. The van der Waals surface area contributed by atoms with Gasteiger partial charge in [-0.25, -0.2) is 9.97 Å². The van der Waals surface area contributed by atoms with Gasteiger partial charge in [-0.2, -0.15) is 0 Å². The van der Waals surface area contributed by atoms with Gasteiger partial charge in [-0.15, -0.1) is 0 Å². The van der Waals surface area contributed by atoms with Crippen LogP contribution in [0.3, 0.4) is 0 Å². The molecule has 4 atom stereocenters. The molecule has 3 heterocycles. The minimum absolute atomic E-state index is 0.155. The molecule has 10 nitrogen and oxygen atoms in total. The Balaban J connectivity index is 2.04. The fourth-order valence-electron chi connectivity index (χ4n) is 2.73. The molecule has 0 spiro atoms. The molecule has 7 N–H and O–H groups in total. The number of aliphatic hydroxyl groups is 3. The summed E-state index contributed by atoms with van der Waals surface area (Å²) in [6, 6.07) is 0. The van der Waals surface area contributed by atoms with Crippen molar-refractivity contribution in [3.63, 3.8) is 0 Å². The molecule has 4 unspecified atom stereocenters. The quantitative estimate of drug-likeness (QED) is 0.395. The molecule has 1 saturated heterocycles. The van der Waals surface area contributed by atoms with E-state index in [9.17, 15) is 20.1 Å². The number of fused-ring (bicyclic) bond motifs is 1.